The molecular weight excluding hydrogens is 368 g/mol. The minimum atomic E-state index is -0.0499. The summed E-state index contributed by atoms with van der Waals surface area (Å²) >= 11 is 1.21. The summed E-state index contributed by atoms with van der Waals surface area (Å²) in [6.45, 7) is 4.33. The Balaban J connectivity index is 1.87. The highest BCUT2D eigenvalue weighted by Gasteiger charge is 2.19. The number of nitrogens with one attached hydrogen (secondary N) is 1. The second kappa shape index (κ2) is 6.42. The van der Waals surface area contributed by atoms with Crippen LogP contribution in [0.5, 0.6) is 0 Å². The van der Waals surface area contributed by atoms with E-state index >= 15 is 0 Å². The fourth-order valence-corrected chi connectivity index (χ4v) is 4.33. The minimum absolute atomic E-state index is 0.0499. The van der Waals surface area contributed by atoms with Crippen LogP contribution in [0, 0.1) is 0 Å². The van der Waals surface area contributed by atoms with E-state index in [2.05, 4.69) is 40.5 Å². The number of hydrogen-bond donors (Lipinski definition) is 1. The van der Waals surface area contributed by atoms with Gasteiger partial charge in [0, 0.05) is 11.8 Å². The molecule has 2 aromatic carbocycles. The lowest BCUT2D eigenvalue weighted by Gasteiger charge is -2.09. The second-order valence-electron chi connectivity index (χ2n) is 7.06. The number of aromatic amines is 1. The molecule has 3 aromatic heterocycles. The van der Waals surface area contributed by atoms with Crippen LogP contribution in [-0.4, -0.2) is 19.5 Å². The summed E-state index contributed by atoms with van der Waals surface area (Å²) in [6.07, 6.45) is 1.85. The summed E-state index contributed by atoms with van der Waals surface area (Å²) in [6, 6.07) is 18.1. The van der Waals surface area contributed by atoms with E-state index in [9.17, 15) is 4.79 Å². The molecule has 0 bridgehead atoms. The Morgan fingerprint density at radius 2 is 1.89 bits per heavy atom. The number of benzene rings is 2. The minimum Gasteiger partial charge on any atom is -0.312 e. The third-order valence-corrected chi connectivity index (χ3v) is 5.74. The van der Waals surface area contributed by atoms with Gasteiger partial charge in [0.2, 0.25) is 0 Å². The number of aromatic nitrogens is 4. The lowest BCUT2D eigenvalue weighted by molar-refractivity contribution is 0.871. The zero-order valence-electron chi connectivity index (χ0n) is 15.5. The van der Waals surface area contributed by atoms with E-state index in [1.807, 2.05) is 48.7 Å². The van der Waals surface area contributed by atoms with Crippen LogP contribution in [-0.2, 0) is 0 Å². The molecule has 3 heterocycles. The van der Waals surface area contributed by atoms with Crippen LogP contribution in [0.1, 0.15) is 25.3 Å². The van der Waals surface area contributed by atoms with Crippen LogP contribution in [0.4, 0.5) is 0 Å². The van der Waals surface area contributed by atoms with Gasteiger partial charge in [-0.3, -0.25) is 9.36 Å². The summed E-state index contributed by atoms with van der Waals surface area (Å²) in [4.78, 5) is 24.2. The monoisotopic (exact) mass is 386 g/mol. The third kappa shape index (κ3) is 2.65. The Morgan fingerprint density at radius 3 is 2.68 bits per heavy atom. The third-order valence-electron chi connectivity index (χ3n) is 4.89. The van der Waals surface area contributed by atoms with Gasteiger partial charge >= 0.3 is 4.87 Å². The van der Waals surface area contributed by atoms with Crippen molar-refractivity contribution in [2.24, 2.45) is 0 Å². The average molecular weight is 386 g/mol. The van der Waals surface area contributed by atoms with Crippen LogP contribution in [0.3, 0.4) is 0 Å². The van der Waals surface area contributed by atoms with Gasteiger partial charge in [0.05, 0.1) is 15.9 Å². The first kappa shape index (κ1) is 16.9. The zero-order chi connectivity index (χ0) is 19.3. The second-order valence-corrected chi connectivity index (χ2v) is 8.07. The van der Waals surface area contributed by atoms with Crippen molar-refractivity contribution in [1.82, 2.24) is 19.5 Å². The maximum atomic E-state index is 11.7. The van der Waals surface area contributed by atoms with E-state index in [0.717, 1.165) is 38.5 Å². The molecule has 5 nitrogen and oxygen atoms in total. The number of hydrogen-bond acceptors (Lipinski definition) is 4. The summed E-state index contributed by atoms with van der Waals surface area (Å²) < 4.78 is 3.00. The van der Waals surface area contributed by atoms with Gasteiger partial charge < -0.3 is 4.98 Å². The number of pyridine rings is 1. The summed E-state index contributed by atoms with van der Waals surface area (Å²) in [7, 11) is 0. The van der Waals surface area contributed by atoms with Crippen molar-refractivity contribution in [3.05, 3.63) is 76.0 Å². The van der Waals surface area contributed by atoms with E-state index in [0.29, 0.717) is 5.92 Å². The molecule has 0 aliphatic heterocycles. The van der Waals surface area contributed by atoms with Gasteiger partial charge in [0.1, 0.15) is 11.3 Å². The van der Waals surface area contributed by atoms with Crippen molar-refractivity contribution >= 4 is 32.7 Å². The largest absolute Gasteiger partial charge is 0.312 e. The predicted octanol–water partition coefficient (Wildman–Crippen LogP) is 5.11. The van der Waals surface area contributed by atoms with E-state index in [1.54, 1.807) is 0 Å². The first-order chi connectivity index (χ1) is 13.6. The lowest BCUT2D eigenvalue weighted by Crippen LogP contribution is -1.99. The Kier molecular flexibility index (Phi) is 3.87. The van der Waals surface area contributed by atoms with Gasteiger partial charge in [-0.25, -0.2) is 9.97 Å². The van der Waals surface area contributed by atoms with Crippen molar-refractivity contribution in [1.29, 1.82) is 0 Å². The van der Waals surface area contributed by atoms with Crippen LogP contribution in [0.25, 0.3) is 38.5 Å². The summed E-state index contributed by atoms with van der Waals surface area (Å²) in [5.41, 5.74) is 5.73. The molecule has 0 atom stereocenters. The van der Waals surface area contributed by atoms with E-state index in [4.69, 9.17) is 4.98 Å². The number of nitrogens with zero attached hydrogens (tertiary/aromatic N) is 3. The number of thiazole rings is 1. The fourth-order valence-electron chi connectivity index (χ4n) is 3.56. The molecule has 0 spiro atoms. The number of fused-ring (bicyclic) bond motifs is 2. The Labute approximate surface area is 165 Å². The maximum absolute atomic E-state index is 11.7. The molecule has 0 saturated heterocycles. The molecule has 138 valence electrons. The zero-order valence-corrected chi connectivity index (χ0v) is 16.3. The predicted molar refractivity (Wildman–Crippen MR) is 114 cm³/mol. The van der Waals surface area contributed by atoms with Crippen molar-refractivity contribution in [3.8, 4) is 17.1 Å². The van der Waals surface area contributed by atoms with Gasteiger partial charge in [0.25, 0.3) is 0 Å². The molecule has 5 rings (SSSR count). The number of rotatable bonds is 3. The quantitative estimate of drug-likeness (QED) is 0.468. The standard InChI is InChI=1S/C22H18N4OS/c1-13(2)16-10-11-23-21-19(16)25-20(14-6-4-3-5-7-14)26(21)15-8-9-17-18(12-15)28-22(27)24-17/h3-13H,1-2H3,(H,24,27). The van der Waals surface area contributed by atoms with Crippen molar-refractivity contribution in [3.63, 3.8) is 0 Å². The first-order valence-corrected chi connectivity index (χ1v) is 9.99. The molecule has 0 aliphatic rings. The first-order valence-electron chi connectivity index (χ1n) is 9.18. The molecule has 0 amide bonds. The normalized spacial score (nSPS) is 11.7. The molecule has 0 radical (unpaired) electrons. The Bertz CT molecular complexity index is 1360. The van der Waals surface area contributed by atoms with Crippen molar-refractivity contribution in [2.75, 3.05) is 0 Å². The van der Waals surface area contributed by atoms with Crippen LogP contribution >= 0.6 is 11.3 Å². The fraction of sp³-hybridized carbons (Fsp3) is 0.136. The van der Waals surface area contributed by atoms with E-state index < -0.39 is 0 Å². The van der Waals surface area contributed by atoms with Gasteiger partial charge in [-0.2, -0.15) is 0 Å². The van der Waals surface area contributed by atoms with E-state index in [1.165, 1.54) is 16.9 Å². The number of imidazole rings is 1. The topological polar surface area (TPSA) is 63.6 Å². The molecule has 0 unspecified atom stereocenters. The van der Waals surface area contributed by atoms with Gasteiger partial charge in [-0.05, 0) is 35.7 Å². The molecule has 0 saturated carbocycles. The molecule has 0 fully saturated rings. The van der Waals surface area contributed by atoms with Gasteiger partial charge in [-0.1, -0.05) is 55.5 Å². The van der Waals surface area contributed by atoms with Crippen molar-refractivity contribution < 1.29 is 0 Å². The van der Waals surface area contributed by atoms with Crippen molar-refractivity contribution in [2.45, 2.75) is 19.8 Å². The van der Waals surface area contributed by atoms with Crippen LogP contribution < -0.4 is 4.87 Å². The highest BCUT2D eigenvalue weighted by Crippen LogP contribution is 2.32. The Morgan fingerprint density at radius 1 is 1.07 bits per heavy atom. The average Bonchev–Trinajstić information content (AvgIpc) is 3.27. The highest BCUT2D eigenvalue weighted by molar-refractivity contribution is 7.16. The summed E-state index contributed by atoms with van der Waals surface area (Å²) in [5, 5.41) is 0. The molecule has 5 aromatic rings. The van der Waals surface area contributed by atoms with Gasteiger partial charge in [0.15, 0.2) is 5.65 Å². The SMILES string of the molecule is CC(C)c1ccnc2c1nc(-c1ccccc1)n2-c1ccc2[nH]c(=O)sc2c1. The lowest BCUT2D eigenvalue weighted by atomic mass is 10.0. The highest BCUT2D eigenvalue weighted by atomic mass is 32.1. The molecule has 1 N–H and O–H groups in total. The molecule has 6 heteroatoms. The molecular formula is C22H18N4OS. The van der Waals surface area contributed by atoms with E-state index in [-0.39, 0.29) is 4.87 Å². The maximum Gasteiger partial charge on any atom is 0.305 e. The summed E-state index contributed by atoms with van der Waals surface area (Å²) in [5.74, 6) is 1.19. The van der Waals surface area contributed by atoms with Crippen LogP contribution in [0.2, 0.25) is 0 Å². The number of H-pyrrole nitrogens is 1. The van der Waals surface area contributed by atoms with Crippen LogP contribution in [0.15, 0.2) is 65.6 Å². The smallest absolute Gasteiger partial charge is 0.305 e. The molecule has 28 heavy (non-hydrogen) atoms. The van der Waals surface area contributed by atoms with Gasteiger partial charge in [-0.15, -0.1) is 0 Å². The molecule has 0 aliphatic carbocycles. The Hall–Kier alpha value is -3.25.